The first-order valence-corrected chi connectivity index (χ1v) is 5.54. The number of piperidine rings is 1. The van der Waals surface area contributed by atoms with Crippen molar-refractivity contribution in [1.82, 2.24) is 5.32 Å². The molecule has 0 saturated carbocycles. The SMILES string of the molecule is N#CC1(CC2CCOC2)CCNCC1. The van der Waals surface area contributed by atoms with Crippen LogP contribution in [0.3, 0.4) is 0 Å². The van der Waals surface area contributed by atoms with Gasteiger partial charge in [0, 0.05) is 13.2 Å². The number of nitrogens with zero attached hydrogens (tertiary/aromatic N) is 1. The summed E-state index contributed by atoms with van der Waals surface area (Å²) in [6.45, 7) is 3.77. The number of hydrogen-bond acceptors (Lipinski definition) is 3. The zero-order valence-corrected chi connectivity index (χ0v) is 8.59. The molecular formula is C11H18N2O. The van der Waals surface area contributed by atoms with E-state index in [-0.39, 0.29) is 5.41 Å². The molecule has 2 rings (SSSR count). The van der Waals surface area contributed by atoms with Gasteiger partial charge in [-0.3, -0.25) is 0 Å². The maximum absolute atomic E-state index is 9.28. The quantitative estimate of drug-likeness (QED) is 0.720. The van der Waals surface area contributed by atoms with Crippen LogP contribution in [-0.2, 0) is 4.74 Å². The Balaban J connectivity index is 1.93. The summed E-state index contributed by atoms with van der Waals surface area (Å²) in [7, 11) is 0. The molecule has 2 saturated heterocycles. The minimum absolute atomic E-state index is 0.0520. The van der Waals surface area contributed by atoms with Crippen LogP contribution in [0, 0.1) is 22.7 Å². The average molecular weight is 194 g/mol. The normalized spacial score (nSPS) is 31.2. The lowest BCUT2D eigenvalue weighted by atomic mass is 9.73. The van der Waals surface area contributed by atoms with Crippen LogP contribution in [0.1, 0.15) is 25.7 Å². The van der Waals surface area contributed by atoms with Crippen molar-refractivity contribution in [2.75, 3.05) is 26.3 Å². The number of nitriles is 1. The maximum Gasteiger partial charge on any atom is 0.0690 e. The predicted molar refractivity (Wildman–Crippen MR) is 53.7 cm³/mol. The number of nitrogens with one attached hydrogen (secondary N) is 1. The molecule has 2 fully saturated rings. The summed E-state index contributed by atoms with van der Waals surface area (Å²) >= 11 is 0. The largest absolute Gasteiger partial charge is 0.381 e. The first kappa shape index (κ1) is 9.95. The van der Waals surface area contributed by atoms with Gasteiger partial charge in [-0.2, -0.15) is 5.26 Å². The highest BCUT2D eigenvalue weighted by Crippen LogP contribution is 2.37. The Bertz CT molecular complexity index is 222. The maximum atomic E-state index is 9.28. The van der Waals surface area contributed by atoms with E-state index < -0.39 is 0 Å². The van der Waals surface area contributed by atoms with Crippen LogP contribution < -0.4 is 5.32 Å². The van der Waals surface area contributed by atoms with E-state index in [0.29, 0.717) is 5.92 Å². The molecule has 0 aromatic rings. The molecule has 14 heavy (non-hydrogen) atoms. The summed E-state index contributed by atoms with van der Waals surface area (Å²) in [5.74, 6) is 0.632. The average Bonchev–Trinajstić information content (AvgIpc) is 2.72. The Morgan fingerprint density at radius 2 is 2.21 bits per heavy atom. The molecule has 3 heteroatoms. The van der Waals surface area contributed by atoms with Gasteiger partial charge in [-0.1, -0.05) is 0 Å². The third-order valence-electron chi connectivity index (χ3n) is 3.50. The number of rotatable bonds is 2. The van der Waals surface area contributed by atoms with E-state index in [4.69, 9.17) is 4.74 Å². The van der Waals surface area contributed by atoms with Gasteiger partial charge < -0.3 is 10.1 Å². The molecule has 2 heterocycles. The van der Waals surface area contributed by atoms with E-state index >= 15 is 0 Å². The molecule has 78 valence electrons. The van der Waals surface area contributed by atoms with E-state index in [1.807, 2.05) is 0 Å². The van der Waals surface area contributed by atoms with Gasteiger partial charge in [0.2, 0.25) is 0 Å². The first-order chi connectivity index (χ1) is 6.85. The molecule has 0 aliphatic carbocycles. The first-order valence-electron chi connectivity index (χ1n) is 5.54. The molecule has 2 aliphatic rings. The van der Waals surface area contributed by atoms with Crippen molar-refractivity contribution < 1.29 is 4.74 Å². The van der Waals surface area contributed by atoms with Crippen LogP contribution >= 0.6 is 0 Å². The Kier molecular flexibility index (Phi) is 3.05. The second-order valence-electron chi connectivity index (χ2n) is 4.58. The van der Waals surface area contributed by atoms with E-state index in [1.54, 1.807) is 0 Å². The van der Waals surface area contributed by atoms with Crippen molar-refractivity contribution in [1.29, 1.82) is 5.26 Å². The fourth-order valence-corrected chi connectivity index (χ4v) is 2.56. The number of ether oxygens (including phenoxy) is 1. The summed E-state index contributed by atoms with van der Waals surface area (Å²) < 4.78 is 5.36. The van der Waals surface area contributed by atoms with Crippen molar-refractivity contribution in [2.45, 2.75) is 25.7 Å². The molecular weight excluding hydrogens is 176 g/mol. The molecule has 0 bridgehead atoms. The molecule has 1 atom stereocenters. The Morgan fingerprint density at radius 1 is 1.43 bits per heavy atom. The highest BCUT2D eigenvalue weighted by atomic mass is 16.5. The van der Waals surface area contributed by atoms with E-state index in [2.05, 4.69) is 11.4 Å². The van der Waals surface area contributed by atoms with E-state index in [1.165, 1.54) is 0 Å². The van der Waals surface area contributed by atoms with Gasteiger partial charge in [0.15, 0.2) is 0 Å². The van der Waals surface area contributed by atoms with Gasteiger partial charge in [-0.15, -0.1) is 0 Å². The van der Waals surface area contributed by atoms with E-state index in [9.17, 15) is 5.26 Å². The van der Waals surface area contributed by atoms with Gasteiger partial charge in [-0.25, -0.2) is 0 Å². The van der Waals surface area contributed by atoms with Gasteiger partial charge in [-0.05, 0) is 44.7 Å². The van der Waals surface area contributed by atoms with Crippen LogP contribution in [0.2, 0.25) is 0 Å². The molecule has 0 aromatic carbocycles. The van der Waals surface area contributed by atoms with Gasteiger partial charge >= 0.3 is 0 Å². The number of hydrogen-bond donors (Lipinski definition) is 1. The van der Waals surface area contributed by atoms with Crippen molar-refractivity contribution in [3.63, 3.8) is 0 Å². The third-order valence-corrected chi connectivity index (χ3v) is 3.50. The lowest BCUT2D eigenvalue weighted by molar-refractivity contribution is 0.163. The Hall–Kier alpha value is -0.590. The van der Waals surface area contributed by atoms with Crippen molar-refractivity contribution >= 4 is 0 Å². The van der Waals surface area contributed by atoms with Gasteiger partial charge in [0.1, 0.15) is 0 Å². The monoisotopic (exact) mass is 194 g/mol. The molecule has 3 nitrogen and oxygen atoms in total. The zero-order valence-electron chi connectivity index (χ0n) is 8.59. The molecule has 0 amide bonds. The van der Waals surface area contributed by atoms with Crippen LogP contribution in [0.5, 0.6) is 0 Å². The van der Waals surface area contributed by atoms with Crippen LogP contribution in [0.15, 0.2) is 0 Å². The second kappa shape index (κ2) is 4.29. The minimum Gasteiger partial charge on any atom is -0.381 e. The molecule has 1 N–H and O–H groups in total. The highest BCUT2D eigenvalue weighted by Gasteiger charge is 2.35. The lowest BCUT2D eigenvalue weighted by Crippen LogP contribution is -2.37. The molecule has 2 aliphatic heterocycles. The van der Waals surface area contributed by atoms with Gasteiger partial charge in [0.05, 0.1) is 11.5 Å². The fraction of sp³-hybridized carbons (Fsp3) is 0.909. The molecule has 0 aromatic heterocycles. The molecule has 0 spiro atoms. The molecule has 0 radical (unpaired) electrons. The summed E-state index contributed by atoms with van der Waals surface area (Å²) in [6.07, 6.45) is 4.22. The lowest BCUT2D eigenvalue weighted by Gasteiger charge is -2.32. The topological polar surface area (TPSA) is 45.0 Å². The van der Waals surface area contributed by atoms with Crippen molar-refractivity contribution in [2.24, 2.45) is 11.3 Å². The summed E-state index contributed by atoms with van der Waals surface area (Å²) in [5.41, 5.74) is -0.0520. The van der Waals surface area contributed by atoms with Crippen LogP contribution in [0.25, 0.3) is 0 Å². The second-order valence-corrected chi connectivity index (χ2v) is 4.58. The van der Waals surface area contributed by atoms with Gasteiger partial charge in [0.25, 0.3) is 0 Å². The van der Waals surface area contributed by atoms with E-state index in [0.717, 1.165) is 52.0 Å². The zero-order chi connectivity index (χ0) is 9.86. The Morgan fingerprint density at radius 3 is 2.79 bits per heavy atom. The fourth-order valence-electron chi connectivity index (χ4n) is 2.56. The molecule has 1 unspecified atom stereocenters. The predicted octanol–water partition coefficient (Wildman–Crippen LogP) is 1.31. The van der Waals surface area contributed by atoms with Crippen molar-refractivity contribution in [3.8, 4) is 6.07 Å². The summed E-state index contributed by atoms with van der Waals surface area (Å²) in [4.78, 5) is 0. The summed E-state index contributed by atoms with van der Waals surface area (Å²) in [5, 5.41) is 12.6. The third kappa shape index (κ3) is 2.08. The smallest absolute Gasteiger partial charge is 0.0690 e. The Labute approximate surface area is 85.4 Å². The minimum atomic E-state index is -0.0520. The van der Waals surface area contributed by atoms with Crippen LogP contribution in [0.4, 0.5) is 0 Å². The summed E-state index contributed by atoms with van der Waals surface area (Å²) in [6, 6.07) is 2.55. The van der Waals surface area contributed by atoms with Crippen LogP contribution in [-0.4, -0.2) is 26.3 Å². The van der Waals surface area contributed by atoms with Crippen molar-refractivity contribution in [3.05, 3.63) is 0 Å². The standard InChI is InChI=1S/C11H18N2O/c12-9-11(2-4-13-5-3-11)7-10-1-6-14-8-10/h10,13H,1-8H2. The highest BCUT2D eigenvalue weighted by molar-refractivity contribution is 5.02.